The highest BCUT2D eigenvalue weighted by Gasteiger charge is 2.43. The first-order valence-corrected chi connectivity index (χ1v) is 11.3. The Morgan fingerprint density at radius 3 is 1.67 bits per heavy atom. The standard InChI is InChI=1S/C25H41NO3S/c1-19(2)10-8-12-21(5)14-16-25(18-30,24(28)29)26(23(7)27)17-15-22(6)13-9-11-20(3)4/h10-11,14-15,30H,8-9,12-13,16-18H2,1-7H3,(H,28,29)/b21-14+,22-15+/t25-/m0/s1. The molecule has 0 rings (SSSR count). The number of carboxylic acid groups (broad SMARTS) is 1. The molecular formula is C25H41NO3S. The zero-order chi connectivity index (χ0) is 23.3. The van der Waals surface area contributed by atoms with Crippen molar-refractivity contribution in [2.24, 2.45) is 0 Å². The molecule has 0 radical (unpaired) electrons. The van der Waals surface area contributed by atoms with Crippen molar-refractivity contribution in [3.63, 3.8) is 0 Å². The van der Waals surface area contributed by atoms with E-state index in [0.717, 1.165) is 36.8 Å². The molecule has 4 nitrogen and oxygen atoms in total. The van der Waals surface area contributed by atoms with Gasteiger partial charge in [0.15, 0.2) is 5.54 Å². The smallest absolute Gasteiger partial charge is 0.330 e. The van der Waals surface area contributed by atoms with Gasteiger partial charge in [0.05, 0.1) is 0 Å². The first kappa shape index (κ1) is 28.2. The zero-order valence-electron chi connectivity index (χ0n) is 19.9. The first-order chi connectivity index (χ1) is 14.0. The van der Waals surface area contributed by atoms with Crippen LogP contribution in [0, 0.1) is 0 Å². The molecule has 0 bridgehead atoms. The molecule has 0 fully saturated rings. The summed E-state index contributed by atoms with van der Waals surface area (Å²) in [7, 11) is 0. The van der Waals surface area contributed by atoms with E-state index >= 15 is 0 Å². The molecule has 0 aliphatic rings. The number of carbonyl (C=O) groups excluding carboxylic acids is 1. The summed E-state index contributed by atoms with van der Waals surface area (Å²) in [4.78, 5) is 26.2. The predicted octanol–water partition coefficient (Wildman–Crippen LogP) is 6.36. The minimum Gasteiger partial charge on any atom is -0.479 e. The molecule has 0 aliphatic carbocycles. The van der Waals surface area contributed by atoms with Gasteiger partial charge in [-0.2, -0.15) is 12.6 Å². The number of carbonyl (C=O) groups is 2. The normalized spacial score (nSPS) is 14.0. The Hall–Kier alpha value is -1.75. The number of carboxylic acids is 1. The van der Waals surface area contributed by atoms with Crippen LogP contribution in [0.25, 0.3) is 0 Å². The lowest BCUT2D eigenvalue weighted by atomic mass is 9.92. The maximum atomic E-state index is 12.4. The van der Waals surface area contributed by atoms with Crippen molar-refractivity contribution in [3.8, 4) is 0 Å². The summed E-state index contributed by atoms with van der Waals surface area (Å²) in [6.45, 7) is 14.0. The van der Waals surface area contributed by atoms with Crippen molar-refractivity contribution in [3.05, 3.63) is 46.6 Å². The van der Waals surface area contributed by atoms with Crippen molar-refractivity contribution in [1.82, 2.24) is 4.90 Å². The highest BCUT2D eigenvalue weighted by Crippen LogP contribution is 2.26. The van der Waals surface area contributed by atoms with Crippen molar-refractivity contribution in [2.45, 2.75) is 86.1 Å². The summed E-state index contributed by atoms with van der Waals surface area (Å²) in [5, 5.41) is 10.1. The lowest BCUT2D eigenvalue weighted by Gasteiger charge is -2.38. The number of thiol groups is 1. The fourth-order valence-corrected chi connectivity index (χ4v) is 3.54. The van der Waals surface area contributed by atoms with Gasteiger partial charge in [-0.15, -0.1) is 0 Å². The van der Waals surface area contributed by atoms with E-state index in [1.54, 1.807) is 0 Å². The molecule has 1 amide bonds. The molecule has 1 atom stereocenters. The third kappa shape index (κ3) is 10.3. The summed E-state index contributed by atoms with van der Waals surface area (Å²) in [6.07, 6.45) is 12.1. The molecule has 1 N–H and O–H groups in total. The average molecular weight is 436 g/mol. The van der Waals surface area contributed by atoms with Gasteiger partial charge in [-0.05, 0) is 67.2 Å². The maximum absolute atomic E-state index is 12.4. The molecule has 30 heavy (non-hydrogen) atoms. The Balaban J connectivity index is 5.53. The van der Waals surface area contributed by atoms with Gasteiger partial charge in [0.1, 0.15) is 0 Å². The van der Waals surface area contributed by atoms with Gasteiger partial charge in [0, 0.05) is 25.6 Å². The van der Waals surface area contributed by atoms with Gasteiger partial charge in [-0.25, -0.2) is 4.79 Å². The van der Waals surface area contributed by atoms with Crippen molar-refractivity contribution in [1.29, 1.82) is 0 Å². The number of allylic oxidation sites excluding steroid dienone is 6. The third-order valence-electron chi connectivity index (χ3n) is 5.15. The summed E-state index contributed by atoms with van der Waals surface area (Å²) >= 11 is 4.36. The number of amides is 1. The Morgan fingerprint density at radius 1 is 0.833 bits per heavy atom. The van der Waals surface area contributed by atoms with E-state index in [1.165, 1.54) is 23.0 Å². The number of hydrogen-bond donors (Lipinski definition) is 2. The van der Waals surface area contributed by atoms with Crippen LogP contribution in [0.3, 0.4) is 0 Å². The molecule has 0 aromatic rings. The van der Waals surface area contributed by atoms with Crippen LogP contribution in [0.1, 0.15) is 80.6 Å². The van der Waals surface area contributed by atoms with Crippen LogP contribution >= 0.6 is 12.6 Å². The molecule has 0 saturated carbocycles. The van der Waals surface area contributed by atoms with Crippen molar-refractivity contribution < 1.29 is 14.7 Å². The van der Waals surface area contributed by atoms with Crippen LogP contribution in [-0.2, 0) is 9.59 Å². The number of hydrogen-bond acceptors (Lipinski definition) is 3. The summed E-state index contributed by atoms with van der Waals surface area (Å²) in [5.41, 5.74) is 3.46. The highest BCUT2D eigenvalue weighted by atomic mass is 32.1. The van der Waals surface area contributed by atoms with Crippen LogP contribution < -0.4 is 0 Å². The fraction of sp³-hybridized carbons (Fsp3) is 0.600. The number of rotatable bonds is 13. The fourth-order valence-electron chi connectivity index (χ4n) is 3.11. The van der Waals surface area contributed by atoms with E-state index in [1.807, 2.05) is 26.0 Å². The Kier molecular flexibility index (Phi) is 13.5. The minimum atomic E-state index is -1.36. The molecular weight excluding hydrogens is 394 g/mol. The second-order valence-corrected chi connectivity index (χ2v) is 8.89. The lowest BCUT2D eigenvalue weighted by molar-refractivity contribution is -0.156. The van der Waals surface area contributed by atoms with Gasteiger partial charge in [0.2, 0.25) is 5.91 Å². The summed E-state index contributed by atoms with van der Waals surface area (Å²) in [6, 6.07) is 0. The largest absolute Gasteiger partial charge is 0.479 e. The van der Waals surface area contributed by atoms with Crippen LogP contribution in [0.15, 0.2) is 46.6 Å². The highest BCUT2D eigenvalue weighted by molar-refractivity contribution is 7.80. The predicted molar refractivity (Wildman–Crippen MR) is 131 cm³/mol. The minimum absolute atomic E-state index is 0.0598. The third-order valence-corrected chi connectivity index (χ3v) is 5.67. The van der Waals surface area contributed by atoms with E-state index in [9.17, 15) is 14.7 Å². The number of aliphatic carboxylic acids is 1. The number of nitrogens with zero attached hydrogens (tertiary/aromatic N) is 1. The summed E-state index contributed by atoms with van der Waals surface area (Å²) in [5.74, 6) is -1.21. The molecule has 0 saturated heterocycles. The average Bonchev–Trinajstić information content (AvgIpc) is 2.63. The van der Waals surface area contributed by atoms with Gasteiger partial charge in [-0.1, -0.05) is 46.6 Å². The second-order valence-electron chi connectivity index (χ2n) is 8.57. The van der Waals surface area contributed by atoms with Crippen LogP contribution in [0.2, 0.25) is 0 Å². The van der Waals surface area contributed by atoms with Gasteiger partial charge in [-0.3, -0.25) is 4.79 Å². The van der Waals surface area contributed by atoms with Crippen LogP contribution in [-0.4, -0.2) is 39.7 Å². The maximum Gasteiger partial charge on any atom is 0.330 e. The monoisotopic (exact) mass is 435 g/mol. The van der Waals surface area contributed by atoms with Gasteiger partial charge in [0.25, 0.3) is 0 Å². The zero-order valence-corrected chi connectivity index (χ0v) is 20.8. The molecule has 0 aromatic heterocycles. The molecule has 0 spiro atoms. The van der Waals surface area contributed by atoms with E-state index in [2.05, 4.69) is 52.5 Å². The van der Waals surface area contributed by atoms with E-state index in [0.29, 0.717) is 0 Å². The first-order valence-electron chi connectivity index (χ1n) is 10.7. The molecule has 0 aliphatic heterocycles. The Morgan fingerprint density at radius 2 is 1.30 bits per heavy atom. The molecule has 0 unspecified atom stereocenters. The van der Waals surface area contributed by atoms with Crippen molar-refractivity contribution >= 4 is 24.5 Å². The Labute approximate surface area is 189 Å². The quantitative estimate of drug-likeness (QED) is 0.261. The van der Waals surface area contributed by atoms with Crippen molar-refractivity contribution in [2.75, 3.05) is 12.3 Å². The van der Waals surface area contributed by atoms with Gasteiger partial charge >= 0.3 is 5.97 Å². The van der Waals surface area contributed by atoms with Crippen LogP contribution in [0.4, 0.5) is 0 Å². The van der Waals surface area contributed by atoms with Crippen LogP contribution in [0.5, 0.6) is 0 Å². The van der Waals surface area contributed by atoms with Gasteiger partial charge < -0.3 is 10.0 Å². The van der Waals surface area contributed by atoms with E-state index in [4.69, 9.17) is 0 Å². The topological polar surface area (TPSA) is 57.6 Å². The second kappa shape index (κ2) is 14.3. The lowest BCUT2D eigenvalue weighted by Crippen LogP contribution is -2.58. The molecule has 170 valence electrons. The molecule has 0 heterocycles. The SMILES string of the molecule is CC(=O)N(C/C=C(\C)CCC=C(C)C)[C@](CS)(C/C=C(\C)CCC=C(C)C)C(=O)O. The summed E-state index contributed by atoms with van der Waals surface area (Å²) < 4.78 is 0. The molecule has 0 aromatic carbocycles. The van der Waals surface area contributed by atoms with E-state index in [-0.39, 0.29) is 24.6 Å². The molecule has 5 heteroatoms. The Bertz CT molecular complexity index is 695. The van der Waals surface area contributed by atoms with E-state index < -0.39 is 11.5 Å².